The fourth-order valence-electron chi connectivity index (χ4n) is 2.31. The molecule has 0 spiro atoms. The maximum absolute atomic E-state index is 13.5. The predicted molar refractivity (Wildman–Crippen MR) is 83.3 cm³/mol. The third kappa shape index (κ3) is 3.80. The first kappa shape index (κ1) is 16.4. The van der Waals surface area contributed by atoms with Crippen molar-refractivity contribution in [2.45, 2.75) is 38.8 Å². The van der Waals surface area contributed by atoms with Crippen LogP contribution in [0.15, 0.2) is 12.1 Å². The highest BCUT2D eigenvalue weighted by molar-refractivity contribution is 6.35. The van der Waals surface area contributed by atoms with E-state index in [2.05, 4.69) is 5.32 Å². The van der Waals surface area contributed by atoms with Gasteiger partial charge < -0.3 is 10.2 Å². The second-order valence-corrected chi connectivity index (χ2v) is 6.46. The number of rotatable bonds is 4. The van der Waals surface area contributed by atoms with Gasteiger partial charge in [0.1, 0.15) is 5.82 Å². The molecule has 1 aromatic rings. The Kier molecular flexibility index (Phi) is 4.99. The Balaban J connectivity index is 2.05. The van der Waals surface area contributed by atoms with Crippen molar-refractivity contribution in [1.29, 1.82) is 0 Å². The van der Waals surface area contributed by atoms with Crippen LogP contribution in [0, 0.1) is 11.7 Å². The standard InChI is InChI=1S/C15H19Cl2FN2O/c1-8(11-6-14(18)13(17)7-12(11)16)19-15(21)20(3)9(2)10-4-5-10/h6-10H,4-5H2,1-3H3,(H,19,21). The summed E-state index contributed by atoms with van der Waals surface area (Å²) in [6.45, 7) is 3.80. The number of hydrogen-bond acceptors (Lipinski definition) is 1. The highest BCUT2D eigenvalue weighted by atomic mass is 35.5. The topological polar surface area (TPSA) is 32.3 Å². The molecule has 1 N–H and O–H groups in total. The van der Waals surface area contributed by atoms with Crippen LogP contribution in [-0.4, -0.2) is 24.0 Å². The Morgan fingerprint density at radius 2 is 1.95 bits per heavy atom. The minimum Gasteiger partial charge on any atom is -0.331 e. The molecule has 1 fully saturated rings. The van der Waals surface area contributed by atoms with Gasteiger partial charge in [-0.1, -0.05) is 23.2 Å². The summed E-state index contributed by atoms with van der Waals surface area (Å²) in [4.78, 5) is 13.9. The molecule has 0 radical (unpaired) electrons. The minimum absolute atomic E-state index is 0.0262. The normalized spacial score (nSPS) is 17.2. The fourth-order valence-corrected chi connectivity index (χ4v) is 2.86. The van der Waals surface area contributed by atoms with Crippen LogP contribution in [0.25, 0.3) is 0 Å². The SMILES string of the molecule is CC(NC(=O)N(C)C(C)C1CC1)c1cc(F)c(Cl)cc1Cl. The quantitative estimate of drug-likeness (QED) is 0.801. The number of carbonyl (C=O) groups is 1. The molecule has 0 aromatic heterocycles. The van der Waals surface area contributed by atoms with Gasteiger partial charge in [-0.25, -0.2) is 9.18 Å². The third-order valence-electron chi connectivity index (χ3n) is 4.08. The summed E-state index contributed by atoms with van der Waals surface area (Å²) in [6.07, 6.45) is 2.34. The molecule has 0 saturated heterocycles. The van der Waals surface area contributed by atoms with Crippen LogP contribution in [0.3, 0.4) is 0 Å². The number of halogens is 3. The summed E-state index contributed by atoms with van der Waals surface area (Å²) in [6, 6.07) is 2.24. The summed E-state index contributed by atoms with van der Waals surface area (Å²) in [5.74, 6) is 0.0458. The fraction of sp³-hybridized carbons (Fsp3) is 0.533. The summed E-state index contributed by atoms with van der Waals surface area (Å²) in [7, 11) is 1.77. The smallest absolute Gasteiger partial charge is 0.317 e. The third-order valence-corrected chi connectivity index (χ3v) is 4.70. The van der Waals surface area contributed by atoms with Crippen molar-refractivity contribution in [2.24, 2.45) is 5.92 Å². The molecule has 3 nitrogen and oxygen atoms in total. The summed E-state index contributed by atoms with van der Waals surface area (Å²) in [5.41, 5.74) is 0.513. The molecule has 0 heterocycles. The molecule has 2 rings (SSSR count). The lowest BCUT2D eigenvalue weighted by molar-refractivity contribution is 0.185. The van der Waals surface area contributed by atoms with Crippen molar-refractivity contribution in [1.82, 2.24) is 10.2 Å². The summed E-state index contributed by atoms with van der Waals surface area (Å²) < 4.78 is 13.5. The second-order valence-electron chi connectivity index (χ2n) is 5.65. The van der Waals surface area contributed by atoms with Crippen LogP contribution >= 0.6 is 23.2 Å². The van der Waals surface area contributed by atoms with E-state index in [0.29, 0.717) is 16.5 Å². The van der Waals surface area contributed by atoms with E-state index in [1.807, 2.05) is 6.92 Å². The van der Waals surface area contributed by atoms with E-state index in [9.17, 15) is 9.18 Å². The first-order valence-electron chi connectivity index (χ1n) is 6.99. The van der Waals surface area contributed by atoms with Gasteiger partial charge in [0.2, 0.25) is 0 Å². The molecule has 6 heteroatoms. The van der Waals surface area contributed by atoms with E-state index in [0.717, 1.165) is 0 Å². The Bertz CT molecular complexity index is 549. The number of amides is 2. The van der Waals surface area contributed by atoms with Crippen molar-refractivity contribution in [3.05, 3.63) is 33.6 Å². The molecule has 1 aromatic carbocycles. The molecule has 2 amide bonds. The lowest BCUT2D eigenvalue weighted by atomic mass is 10.1. The van der Waals surface area contributed by atoms with Crippen molar-refractivity contribution in [2.75, 3.05) is 7.05 Å². The van der Waals surface area contributed by atoms with Crippen LogP contribution < -0.4 is 5.32 Å². The monoisotopic (exact) mass is 332 g/mol. The van der Waals surface area contributed by atoms with E-state index in [4.69, 9.17) is 23.2 Å². The van der Waals surface area contributed by atoms with Gasteiger partial charge in [0.05, 0.1) is 11.1 Å². The Morgan fingerprint density at radius 3 is 2.52 bits per heavy atom. The highest BCUT2D eigenvalue weighted by Gasteiger charge is 2.32. The molecule has 0 bridgehead atoms. The zero-order valence-electron chi connectivity index (χ0n) is 12.3. The summed E-state index contributed by atoms with van der Waals surface area (Å²) in [5, 5.41) is 3.15. The van der Waals surface area contributed by atoms with E-state index < -0.39 is 11.9 Å². The van der Waals surface area contributed by atoms with E-state index in [1.165, 1.54) is 25.0 Å². The van der Waals surface area contributed by atoms with Gasteiger partial charge in [0.15, 0.2) is 0 Å². The van der Waals surface area contributed by atoms with Gasteiger partial charge in [-0.05, 0) is 50.3 Å². The number of urea groups is 1. The zero-order valence-corrected chi connectivity index (χ0v) is 13.8. The first-order valence-corrected chi connectivity index (χ1v) is 7.74. The second kappa shape index (κ2) is 6.41. The number of benzene rings is 1. The van der Waals surface area contributed by atoms with Crippen molar-refractivity contribution < 1.29 is 9.18 Å². The molecule has 2 unspecified atom stereocenters. The molecule has 1 aliphatic rings. The maximum Gasteiger partial charge on any atom is 0.317 e. The summed E-state index contributed by atoms with van der Waals surface area (Å²) >= 11 is 11.7. The molecule has 0 aliphatic heterocycles. The first-order chi connectivity index (χ1) is 9.81. The van der Waals surface area contributed by atoms with Gasteiger partial charge >= 0.3 is 6.03 Å². The van der Waals surface area contributed by atoms with Crippen LogP contribution in [0.5, 0.6) is 0 Å². The average molecular weight is 333 g/mol. The number of carbonyl (C=O) groups excluding carboxylic acids is 1. The van der Waals surface area contributed by atoms with Crippen LogP contribution in [0.2, 0.25) is 10.0 Å². The van der Waals surface area contributed by atoms with Gasteiger partial charge in [-0.2, -0.15) is 0 Å². The molecular weight excluding hydrogens is 314 g/mol. The Hall–Kier alpha value is -1.00. The van der Waals surface area contributed by atoms with Gasteiger partial charge in [0, 0.05) is 18.1 Å². The van der Waals surface area contributed by atoms with Crippen LogP contribution in [0.4, 0.5) is 9.18 Å². The van der Waals surface area contributed by atoms with Crippen molar-refractivity contribution >= 4 is 29.2 Å². The van der Waals surface area contributed by atoms with Crippen LogP contribution in [-0.2, 0) is 0 Å². The Morgan fingerprint density at radius 1 is 1.33 bits per heavy atom. The lowest BCUT2D eigenvalue weighted by Crippen LogP contribution is -2.44. The number of nitrogens with one attached hydrogen (secondary N) is 1. The van der Waals surface area contributed by atoms with Gasteiger partial charge in [0.25, 0.3) is 0 Å². The maximum atomic E-state index is 13.5. The highest BCUT2D eigenvalue weighted by Crippen LogP contribution is 2.35. The van der Waals surface area contributed by atoms with Crippen molar-refractivity contribution in [3.8, 4) is 0 Å². The van der Waals surface area contributed by atoms with Gasteiger partial charge in [-0.15, -0.1) is 0 Å². The van der Waals surface area contributed by atoms with Crippen molar-refractivity contribution in [3.63, 3.8) is 0 Å². The zero-order chi connectivity index (χ0) is 15.7. The van der Waals surface area contributed by atoms with Crippen LogP contribution in [0.1, 0.15) is 38.3 Å². The molecule has 2 atom stereocenters. The molecule has 1 saturated carbocycles. The number of hydrogen-bond donors (Lipinski definition) is 1. The molecule has 116 valence electrons. The minimum atomic E-state index is -0.545. The van der Waals surface area contributed by atoms with Gasteiger partial charge in [-0.3, -0.25) is 0 Å². The molecule has 21 heavy (non-hydrogen) atoms. The van der Waals surface area contributed by atoms with E-state index in [-0.39, 0.29) is 17.1 Å². The lowest BCUT2D eigenvalue weighted by Gasteiger charge is -2.27. The largest absolute Gasteiger partial charge is 0.331 e. The molecular formula is C15H19Cl2FN2O. The molecule has 1 aliphatic carbocycles. The van der Waals surface area contributed by atoms with E-state index >= 15 is 0 Å². The average Bonchev–Trinajstić information content (AvgIpc) is 3.25. The predicted octanol–water partition coefficient (Wildman–Crippen LogP) is 4.63. The number of nitrogens with zero attached hydrogens (tertiary/aromatic N) is 1. The van der Waals surface area contributed by atoms with E-state index in [1.54, 1.807) is 18.9 Å². The Labute approximate surface area is 134 Å².